The van der Waals surface area contributed by atoms with Crippen LogP contribution in [-0.2, 0) is 14.3 Å². The van der Waals surface area contributed by atoms with E-state index >= 15 is 0 Å². The lowest BCUT2D eigenvalue weighted by Gasteiger charge is -2.19. The number of alkyl carbamates (subject to hydrolysis) is 1. The van der Waals surface area contributed by atoms with Crippen molar-refractivity contribution in [2.45, 2.75) is 124 Å². The monoisotopic (exact) mass is 413 g/mol. The lowest BCUT2D eigenvalue weighted by Crippen LogP contribution is -2.43. The second-order valence-corrected chi connectivity index (χ2v) is 8.52. The maximum atomic E-state index is 12.3. The zero-order valence-electron chi connectivity index (χ0n) is 19.6. The molecule has 5 nitrogen and oxygen atoms in total. The highest BCUT2D eigenvalue weighted by atomic mass is 16.6. The highest BCUT2D eigenvalue weighted by Crippen LogP contribution is 2.12. The number of ether oxygens (including phenoxy) is 2. The molecule has 1 N–H and O–H groups in total. The van der Waals surface area contributed by atoms with E-state index in [1.54, 1.807) is 0 Å². The van der Waals surface area contributed by atoms with E-state index in [0.29, 0.717) is 19.6 Å². The number of unbranched alkanes of at least 4 members (excludes halogenated alkanes) is 11. The molecule has 5 heteroatoms. The first-order chi connectivity index (χ1) is 14.0. The summed E-state index contributed by atoms with van der Waals surface area (Å²) in [6, 6.07) is -0.628. The first kappa shape index (κ1) is 27.7. The number of carbonyl (C=O) groups is 2. The van der Waals surface area contributed by atoms with Crippen molar-refractivity contribution >= 4 is 12.1 Å². The molecule has 0 aromatic carbocycles. The molecule has 0 radical (unpaired) electrons. The van der Waals surface area contributed by atoms with E-state index in [0.717, 1.165) is 25.7 Å². The van der Waals surface area contributed by atoms with Crippen molar-refractivity contribution in [1.82, 2.24) is 5.32 Å². The molecule has 0 rings (SSSR count). The summed E-state index contributed by atoms with van der Waals surface area (Å²) in [6.45, 7) is 9.14. The normalized spacial score (nSPS) is 12.0. The Morgan fingerprint density at radius 3 is 1.69 bits per heavy atom. The van der Waals surface area contributed by atoms with Crippen molar-refractivity contribution in [2.75, 3.05) is 13.2 Å². The third-order valence-electron chi connectivity index (χ3n) is 5.01. The predicted molar refractivity (Wildman–Crippen MR) is 120 cm³/mol. The van der Waals surface area contributed by atoms with Gasteiger partial charge in [0.25, 0.3) is 0 Å². The van der Waals surface area contributed by atoms with Gasteiger partial charge in [0.2, 0.25) is 0 Å². The maximum Gasteiger partial charge on any atom is 0.407 e. The minimum Gasteiger partial charge on any atom is -0.464 e. The van der Waals surface area contributed by atoms with Crippen molar-refractivity contribution in [3.8, 4) is 0 Å². The van der Waals surface area contributed by atoms with E-state index in [-0.39, 0.29) is 11.9 Å². The van der Waals surface area contributed by atoms with E-state index in [1.807, 2.05) is 20.8 Å². The van der Waals surface area contributed by atoms with Gasteiger partial charge in [0, 0.05) is 0 Å². The lowest BCUT2D eigenvalue weighted by molar-refractivity contribution is -0.146. The van der Waals surface area contributed by atoms with E-state index in [9.17, 15) is 9.59 Å². The van der Waals surface area contributed by atoms with Gasteiger partial charge in [0.1, 0.15) is 6.04 Å². The Morgan fingerprint density at radius 2 is 1.17 bits per heavy atom. The summed E-state index contributed by atoms with van der Waals surface area (Å²) in [7, 11) is 0. The van der Waals surface area contributed by atoms with Crippen LogP contribution in [0.25, 0.3) is 0 Å². The molecule has 0 aliphatic carbocycles. The molecular formula is C24H47NO4. The van der Waals surface area contributed by atoms with Crippen molar-refractivity contribution in [3.63, 3.8) is 0 Å². The van der Waals surface area contributed by atoms with E-state index < -0.39 is 12.1 Å². The Hall–Kier alpha value is -1.26. The molecule has 1 unspecified atom stereocenters. The molecule has 0 fully saturated rings. The number of amides is 1. The van der Waals surface area contributed by atoms with Gasteiger partial charge < -0.3 is 14.8 Å². The molecule has 0 saturated heterocycles. The number of hydrogen-bond acceptors (Lipinski definition) is 4. The van der Waals surface area contributed by atoms with Crippen LogP contribution in [0.4, 0.5) is 4.79 Å². The second kappa shape index (κ2) is 20.0. The van der Waals surface area contributed by atoms with E-state index in [1.165, 1.54) is 57.8 Å². The number of esters is 1. The number of nitrogens with one attached hydrogen (secondary N) is 1. The topological polar surface area (TPSA) is 64.6 Å². The molecule has 1 atom stereocenters. The largest absolute Gasteiger partial charge is 0.464 e. The van der Waals surface area contributed by atoms with Crippen LogP contribution in [0, 0.1) is 5.92 Å². The number of carbonyl (C=O) groups excluding carboxylic acids is 2. The first-order valence-corrected chi connectivity index (χ1v) is 12.1. The average molecular weight is 414 g/mol. The fraction of sp³-hybridized carbons (Fsp3) is 0.917. The van der Waals surface area contributed by atoms with Crippen LogP contribution in [0.5, 0.6) is 0 Å². The zero-order valence-corrected chi connectivity index (χ0v) is 19.6. The van der Waals surface area contributed by atoms with Gasteiger partial charge in [-0.15, -0.1) is 0 Å². The van der Waals surface area contributed by atoms with Gasteiger partial charge in [0.05, 0.1) is 13.2 Å². The molecule has 0 spiro atoms. The Morgan fingerprint density at radius 1 is 0.690 bits per heavy atom. The quantitative estimate of drug-likeness (QED) is 0.187. The molecule has 0 aliphatic heterocycles. The Kier molecular flexibility index (Phi) is 19.2. The minimum atomic E-state index is -0.628. The molecule has 29 heavy (non-hydrogen) atoms. The number of hydrogen-bond donors (Lipinski definition) is 1. The van der Waals surface area contributed by atoms with Gasteiger partial charge in [-0.3, -0.25) is 0 Å². The van der Waals surface area contributed by atoms with Crippen LogP contribution in [-0.4, -0.2) is 31.3 Å². The van der Waals surface area contributed by atoms with Gasteiger partial charge in [-0.1, -0.05) is 98.3 Å². The SMILES string of the molecule is CCCCCCCCCCCCCOC(=O)C(CC(C)C)NC(=O)OCCCC. The van der Waals surface area contributed by atoms with Gasteiger partial charge in [0.15, 0.2) is 0 Å². The molecule has 1 amide bonds. The van der Waals surface area contributed by atoms with Gasteiger partial charge >= 0.3 is 12.1 Å². The molecule has 0 bridgehead atoms. The van der Waals surface area contributed by atoms with Gasteiger partial charge in [-0.2, -0.15) is 0 Å². The van der Waals surface area contributed by atoms with Crippen LogP contribution in [0.15, 0.2) is 0 Å². The number of rotatable bonds is 19. The van der Waals surface area contributed by atoms with E-state index in [4.69, 9.17) is 9.47 Å². The molecule has 172 valence electrons. The molecular weight excluding hydrogens is 366 g/mol. The van der Waals surface area contributed by atoms with Crippen LogP contribution in [0.1, 0.15) is 118 Å². The van der Waals surface area contributed by atoms with Gasteiger partial charge in [-0.05, 0) is 25.2 Å². The molecule has 0 aromatic heterocycles. The fourth-order valence-electron chi connectivity index (χ4n) is 3.22. The third-order valence-corrected chi connectivity index (χ3v) is 5.01. The Labute approximate surface area is 179 Å². The summed E-state index contributed by atoms with van der Waals surface area (Å²) in [5.74, 6) is -0.0660. The van der Waals surface area contributed by atoms with Crippen LogP contribution in [0.3, 0.4) is 0 Å². The Balaban J connectivity index is 3.83. The predicted octanol–water partition coefficient (Wildman–Crippen LogP) is 6.78. The highest BCUT2D eigenvalue weighted by Gasteiger charge is 2.23. The summed E-state index contributed by atoms with van der Waals surface area (Å²) in [5.41, 5.74) is 0. The van der Waals surface area contributed by atoms with Gasteiger partial charge in [-0.25, -0.2) is 9.59 Å². The minimum absolute atomic E-state index is 0.283. The summed E-state index contributed by atoms with van der Waals surface area (Å²) in [5, 5.41) is 2.66. The van der Waals surface area contributed by atoms with Crippen molar-refractivity contribution in [2.24, 2.45) is 5.92 Å². The summed E-state index contributed by atoms with van der Waals surface area (Å²) < 4.78 is 10.5. The molecule has 0 aromatic rings. The summed E-state index contributed by atoms with van der Waals surface area (Å²) >= 11 is 0. The van der Waals surface area contributed by atoms with Crippen molar-refractivity contribution in [1.29, 1.82) is 0 Å². The van der Waals surface area contributed by atoms with Crippen molar-refractivity contribution in [3.05, 3.63) is 0 Å². The van der Waals surface area contributed by atoms with Crippen LogP contribution < -0.4 is 5.32 Å². The summed E-state index contributed by atoms with van der Waals surface area (Å²) in [4.78, 5) is 24.2. The summed E-state index contributed by atoms with van der Waals surface area (Å²) in [6.07, 6.45) is 15.7. The Bertz CT molecular complexity index is 398. The zero-order chi connectivity index (χ0) is 21.7. The van der Waals surface area contributed by atoms with Crippen LogP contribution >= 0.6 is 0 Å². The molecule has 0 saturated carbocycles. The first-order valence-electron chi connectivity index (χ1n) is 12.1. The van der Waals surface area contributed by atoms with E-state index in [2.05, 4.69) is 12.2 Å². The second-order valence-electron chi connectivity index (χ2n) is 8.52. The highest BCUT2D eigenvalue weighted by molar-refractivity contribution is 5.81. The molecule has 0 heterocycles. The third kappa shape index (κ3) is 18.5. The van der Waals surface area contributed by atoms with Crippen LogP contribution in [0.2, 0.25) is 0 Å². The molecule has 0 aliphatic rings. The van der Waals surface area contributed by atoms with Crippen molar-refractivity contribution < 1.29 is 19.1 Å². The smallest absolute Gasteiger partial charge is 0.407 e. The standard InChI is InChI=1S/C24H47NO4/c1-5-7-9-10-11-12-13-14-15-16-17-19-28-23(26)22(20-21(3)4)25-24(27)29-18-8-6-2/h21-22H,5-20H2,1-4H3,(H,25,27). The lowest BCUT2D eigenvalue weighted by atomic mass is 10.0. The maximum absolute atomic E-state index is 12.3. The fourth-order valence-corrected chi connectivity index (χ4v) is 3.22. The average Bonchev–Trinajstić information content (AvgIpc) is 2.68.